The summed E-state index contributed by atoms with van der Waals surface area (Å²) < 4.78 is 24.5. The van der Waals surface area contributed by atoms with E-state index in [1.165, 1.54) is 0 Å². The molecule has 116 valence electrons. The molecule has 0 aliphatic heterocycles. The normalized spacial score (nSPS) is 22.6. The second-order valence-corrected chi connectivity index (χ2v) is 8.90. The molecule has 0 aromatic rings. The summed E-state index contributed by atoms with van der Waals surface area (Å²) in [7, 11) is -3.67. The zero-order valence-electron chi connectivity index (χ0n) is 12.9. The van der Waals surface area contributed by atoms with Gasteiger partial charge in [0.1, 0.15) is 0 Å². The minimum absolute atomic E-state index is 0.0754. The second-order valence-electron chi connectivity index (χ2n) is 7.08. The largest absolute Gasteiger partial charge is 0.397 e. The van der Waals surface area contributed by atoms with Crippen molar-refractivity contribution in [2.75, 3.05) is 0 Å². The van der Waals surface area contributed by atoms with Crippen molar-refractivity contribution >= 4 is 13.1 Å². The maximum Gasteiger partial charge on any atom is 0.397 e. The highest BCUT2D eigenvalue weighted by atomic mass is 31.2. The fraction of sp³-hybridized carbons (Fsp3) is 0.933. The first-order valence-corrected chi connectivity index (χ1v) is 9.37. The van der Waals surface area contributed by atoms with Crippen molar-refractivity contribution in [1.82, 2.24) is 0 Å². The van der Waals surface area contributed by atoms with E-state index < -0.39 is 13.0 Å². The number of carbonyl (C=O) groups is 1. The molecular weight excluding hydrogens is 275 g/mol. The van der Waals surface area contributed by atoms with Gasteiger partial charge in [-0.2, -0.15) is 0 Å². The van der Waals surface area contributed by atoms with Gasteiger partial charge in [-0.15, -0.1) is 0 Å². The average molecular weight is 302 g/mol. The maximum absolute atomic E-state index is 13.1. The number of hydrogen-bond donors (Lipinski definition) is 0. The van der Waals surface area contributed by atoms with Gasteiger partial charge in [0.25, 0.3) is 0 Å². The Morgan fingerprint density at radius 1 is 0.900 bits per heavy atom. The van der Waals surface area contributed by atoms with Crippen LogP contribution in [0.3, 0.4) is 0 Å². The van der Waals surface area contributed by atoms with E-state index >= 15 is 0 Å². The van der Waals surface area contributed by atoms with Gasteiger partial charge >= 0.3 is 7.60 Å². The van der Waals surface area contributed by atoms with Gasteiger partial charge in [0, 0.05) is 5.41 Å². The molecule has 0 spiro atoms. The zero-order chi connectivity index (χ0) is 14.8. The van der Waals surface area contributed by atoms with E-state index in [2.05, 4.69) is 0 Å². The number of rotatable bonds is 5. The summed E-state index contributed by atoms with van der Waals surface area (Å²) in [5.74, 6) is 0. The van der Waals surface area contributed by atoms with Crippen molar-refractivity contribution in [2.45, 2.75) is 84.3 Å². The van der Waals surface area contributed by atoms with E-state index in [1.807, 2.05) is 0 Å². The Balaban J connectivity index is 2.12. The Labute approximate surface area is 122 Å². The van der Waals surface area contributed by atoms with Crippen LogP contribution in [0.4, 0.5) is 0 Å². The molecule has 2 rings (SSSR count). The van der Waals surface area contributed by atoms with Crippen molar-refractivity contribution in [3.63, 3.8) is 0 Å². The van der Waals surface area contributed by atoms with Gasteiger partial charge in [0.05, 0.1) is 12.2 Å². The summed E-state index contributed by atoms with van der Waals surface area (Å²) in [6.07, 6.45) is 7.71. The number of carbonyl (C=O) groups excluding carboxylic acids is 1. The molecule has 2 aliphatic rings. The molecule has 2 aliphatic carbocycles. The van der Waals surface area contributed by atoms with Crippen molar-refractivity contribution in [3.8, 4) is 0 Å². The number of hydrogen-bond acceptors (Lipinski definition) is 4. The minimum Gasteiger partial charge on any atom is -0.300 e. The Morgan fingerprint density at radius 2 is 1.25 bits per heavy atom. The first kappa shape index (κ1) is 16.2. The van der Waals surface area contributed by atoms with Crippen LogP contribution in [0.5, 0.6) is 0 Å². The lowest BCUT2D eigenvalue weighted by molar-refractivity contribution is -0.121. The van der Waals surface area contributed by atoms with Gasteiger partial charge in [-0.05, 0) is 25.7 Å². The van der Waals surface area contributed by atoms with Gasteiger partial charge < -0.3 is 0 Å². The topological polar surface area (TPSA) is 52.6 Å². The van der Waals surface area contributed by atoms with Crippen molar-refractivity contribution in [3.05, 3.63) is 0 Å². The Kier molecular flexibility index (Phi) is 5.09. The zero-order valence-corrected chi connectivity index (χ0v) is 13.8. The van der Waals surface area contributed by atoms with Crippen LogP contribution < -0.4 is 0 Å². The first-order chi connectivity index (χ1) is 9.31. The predicted molar refractivity (Wildman–Crippen MR) is 78.8 cm³/mol. The van der Waals surface area contributed by atoms with E-state index in [9.17, 15) is 9.36 Å². The molecule has 0 aromatic carbocycles. The van der Waals surface area contributed by atoms with Crippen molar-refractivity contribution in [2.24, 2.45) is 5.41 Å². The summed E-state index contributed by atoms with van der Waals surface area (Å²) >= 11 is 0. The summed E-state index contributed by atoms with van der Waals surface area (Å²) in [6, 6.07) is 0. The van der Waals surface area contributed by atoms with Gasteiger partial charge in [0.15, 0.2) is 0 Å². The van der Waals surface area contributed by atoms with Crippen LogP contribution in [-0.2, 0) is 18.4 Å². The summed E-state index contributed by atoms with van der Waals surface area (Å²) in [6.45, 7) is 5.33. The molecule has 2 fully saturated rings. The highest BCUT2D eigenvalue weighted by Gasteiger charge is 2.46. The van der Waals surface area contributed by atoms with Crippen molar-refractivity contribution in [1.29, 1.82) is 0 Å². The van der Waals surface area contributed by atoms with Gasteiger partial charge in [-0.25, -0.2) is 0 Å². The molecule has 4 nitrogen and oxygen atoms in total. The molecule has 0 saturated heterocycles. The fourth-order valence-electron chi connectivity index (χ4n) is 2.91. The molecule has 0 atom stereocenters. The lowest BCUT2D eigenvalue weighted by Gasteiger charge is -2.28. The lowest BCUT2D eigenvalue weighted by atomic mass is 10.00. The van der Waals surface area contributed by atoms with Crippen LogP contribution in [-0.4, -0.2) is 17.7 Å². The molecule has 5 heteroatoms. The van der Waals surface area contributed by atoms with Crippen LogP contribution in [0.15, 0.2) is 0 Å². The Morgan fingerprint density at radius 3 is 1.55 bits per heavy atom. The van der Waals surface area contributed by atoms with E-state index in [0.717, 1.165) is 51.4 Å². The van der Waals surface area contributed by atoms with E-state index in [4.69, 9.17) is 9.05 Å². The highest BCUT2D eigenvalue weighted by molar-refractivity contribution is 7.72. The average Bonchev–Trinajstić information content (AvgIpc) is 3.00. The molecule has 0 unspecified atom stereocenters. The van der Waals surface area contributed by atoms with Crippen LogP contribution in [0.2, 0.25) is 0 Å². The fourth-order valence-corrected chi connectivity index (χ4v) is 5.18. The molecule has 0 bridgehead atoms. The molecule has 0 heterocycles. The van der Waals surface area contributed by atoms with Crippen LogP contribution in [0, 0.1) is 5.41 Å². The summed E-state index contributed by atoms with van der Waals surface area (Å²) in [5.41, 5.74) is -1.07. The lowest BCUT2D eigenvalue weighted by Crippen LogP contribution is -2.26. The standard InChI is InChI=1S/C15H27O4P/c1-15(2,3)14(16)20(17,18-12-8-4-5-9-12)19-13-10-6-7-11-13/h12-13H,4-11H2,1-3H3. The first-order valence-electron chi connectivity index (χ1n) is 7.83. The van der Waals surface area contributed by atoms with E-state index in [-0.39, 0.29) is 17.7 Å². The third kappa shape index (κ3) is 3.93. The molecule has 0 N–H and O–H groups in total. The molecular formula is C15H27O4P. The van der Waals surface area contributed by atoms with Crippen LogP contribution >= 0.6 is 7.60 Å². The Bertz CT molecular complexity index is 365. The predicted octanol–water partition coefficient (Wildman–Crippen LogP) is 4.67. The molecule has 20 heavy (non-hydrogen) atoms. The van der Waals surface area contributed by atoms with E-state index in [1.54, 1.807) is 20.8 Å². The van der Waals surface area contributed by atoms with Crippen LogP contribution in [0.25, 0.3) is 0 Å². The highest BCUT2D eigenvalue weighted by Crippen LogP contribution is 2.58. The SMILES string of the molecule is CC(C)(C)C(=O)P(=O)(OC1CCCC1)OC1CCCC1. The van der Waals surface area contributed by atoms with E-state index in [0.29, 0.717) is 0 Å². The van der Waals surface area contributed by atoms with Gasteiger partial charge in [-0.3, -0.25) is 18.4 Å². The third-order valence-corrected chi connectivity index (χ3v) is 6.39. The van der Waals surface area contributed by atoms with Gasteiger partial charge in [0.2, 0.25) is 5.52 Å². The summed E-state index contributed by atoms with van der Waals surface area (Å²) in [5, 5.41) is 0. The molecule has 0 aromatic heterocycles. The smallest absolute Gasteiger partial charge is 0.300 e. The molecule has 0 amide bonds. The summed E-state index contributed by atoms with van der Waals surface area (Å²) in [4.78, 5) is 12.5. The third-order valence-electron chi connectivity index (χ3n) is 4.07. The monoisotopic (exact) mass is 302 g/mol. The molecule has 0 radical (unpaired) electrons. The van der Waals surface area contributed by atoms with Crippen LogP contribution in [0.1, 0.15) is 72.1 Å². The minimum atomic E-state index is -3.67. The van der Waals surface area contributed by atoms with Gasteiger partial charge in [-0.1, -0.05) is 46.5 Å². The quantitative estimate of drug-likeness (QED) is 0.692. The maximum atomic E-state index is 13.1. The second kappa shape index (κ2) is 6.29. The Hall–Kier alpha value is -0.180. The molecule has 2 saturated carbocycles. The van der Waals surface area contributed by atoms with Crippen molar-refractivity contribution < 1.29 is 18.4 Å².